The van der Waals surface area contributed by atoms with Crippen molar-refractivity contribution < 1.29 is 44.6 Å². The van der Waals surface area contributed by atoms with Gasteiger partial charge in [0.25, 0.3) is 0 Å². The number of ether oxygens (including phenoxy) is 2. The van der Waals surface area contributed by atoms with Gasteiger partial charge in [0.15, 0.2) is 11.6 Å². The van der Waals surface area contributed by atoms with Crippen molar-refractivity contribution in [2.75, 3.05) is 0 Å². The van der Waals surface area contributed by atoms with Crippen LogP contribution < -0.4 is 9.47 Å². The summed E-state index contributed by atoms with van der Waals surface area (Å²) in [6.07, 6.45) is -9.26. The lowest BCUT2D eigenvalue weighted by Gasteiger charge is -2.17. The first-order chi connectivity index (χ1) is 18.8. The normalized spacial score (nSPS) is 12.1. The highest BCUT2D eigenvalue weighted by Gasteiger charge is 2.39. The molecule has 0 unspecified atom stereocenters. The van der Waals surface area contributed by atoms with E-state index in [-0.39, 0.29) is 5.52 Å². The zero-order valence-corrected chi connectivity index (χ0v) is 20.9. The van der Waals surface area contributed by atoms with Crippen molar-refractivity contribution in [3.05, 3.63) is 101 Å². The molecule has 40 heavy (non-hydrogen) atoms. The summed E-state index contributed by atoms with van der Waals surface area (Å²) in [6, 6.07) is 15.2. The molecule has 12 heteroatoms. The highest BCUT2D eigenvalue weighted by molar-refractivity contribution is 7.18. The van der Waals surface area contributed by atoms with Crippen LogP contribution in [0.1, 0.15) is 10.6 Å². The van der Waals surface area contributed by atoms with E-state index >= 15 is 0 Å². The van der Waals surface area contributed by atoms with Crippen LogP contribution in [0.25, 0.3) is 32.5 Å². The third-order valence-corrected chi connectivity index (χ3v) is 6.80. The number of alkyl halides is 5. The van der Waals surface area contributed by atoms with Gasteiger partial charge in [-0.05, 0) is 47.9 Å². The molecular formula is C28H15F8NO2S. The number of hydrogen-bond acceptors (Lipinski definition) is 4. The molecule has 5 rings (SSSR count). The monoisotopic (exact) mass is 581 g/mol. The van der Waals surface area contributed by atoms with Crippen molar-refractivity contribution in [1.29, 1.82) is 0 Å². The van der Waals surface area contributed by atoms with Crippen molar-refractivity contribution in [1.82, 2.24) is 4.98 Å². The maximum atomic E-state index is 15.0. The Morgan fingerprint density at radius 1 is 0.675 bits per heavy atom. The van der Waals surface area contributed by atoms with Crippen molar-refractivity contribution in [2.45, 2.75) is 19.4 Å². The summed E-state index contributed by atoms with van der Waals surface area (Å²) < 4.78 is 119. The minimum Gasteiger partial charge on any atom is -0.427 e. The van der Waals surface area contributed by atoms with Crippen LogP contribution in [0.4, 0.5) is 35.1 Å². The van der Waals surface area contributed by atoms with Crippen LogP contribution in [0.3, 0.4) is 0 Å². The zero-order chi connectivity index (χ0) is 28.8. The molecular weight excluding hydrogens is 566 g/mol. The maximum absolute atomic E-state index is 15.0. The molecule has 4 aromatic carbocycles. The highest BCUT2D eigenvalue weighted by Crippen LogP contribution is 2.40. The summed E-state index contributed by atoms with van der Waals surface area (Å²) in [4.78, 5) is 3.91. The van der Waals surface area contributed by atoms with E-state index in [9.17, 15) is 35.1 Å². The van der Waals surface area contributed by atoms with Gasteiger partial charge in [0.05, 0.1) is 15.8 Å². The van der Waals surface area contributed by atoms with Crippen LogP contribution in [0.2, 0.25) is 0 Å². The molecule has 0 spiro atoms. The van der Waals surface area contributed by atoms with E-state index in [2.05, 4.69) is 14.5 Å². The first-order valence-electron chi connectivity index (χ1n) is 11.4. The number of halogens is 8. The van der Waals surface area contributed by atoms with E-state index in [0.717, 1.165) is 22.8 Å². The molecule has 1 heterocycles. The zero-order valence-electron chi connectivity index (χ0n) is 20.1. The van der Waals surface area contributed by atoms with Crippen LogP contribution in [-0.2, 0) is 6.11 Å². The molecule has 0 aliphatic rings. The van der Waals surface area contributed by atoms with E-state index in [1.165, 1.54) is 0 Å². The number of aromatic nitrogens is 1. The van der Waals surface area contributed by atoms with Gasteiger partial charge in [-0.1, -0.05) is 42.0 Å². The van der Waals surface area contributed by atoms with Crippen LogP contribution in [0.5, 0.6) is 11.5 Å². The van der Waals surface area contributed by atoms with Crippen molar-refractivity contribution in [3.63, 3.8) is 0 Å². The second kappa shape index (κ2) is 10.1. The summed E-state index contributed by atoms with van der Waals surface area (Å²) >= 11 is 0.643. The third kappa shape index (κ3) is 5.71. The molecule has 0 fully saturated rings. The Labute approximate surface area is 225 Å². The molecule has 206 valence electrons. The number of rotatable bonds is 6. The first-order valence-corrected chi connectivity index (χ1v) is 12.2. The van der Waals surface area contributed by atoms with Gasteiger partial charge in [-0.15, -0.1) is 24.5 Å². The Balaban J connectivity index is 1.40. The Morgan fingerprint density at radius 2 is 1.30 bits per heavy atom. The van der Waals surface area contributed by atoms with Gasteiger partial charge in [0.2, 0.25) is 5.01 Å². The number of hydrogen-bond donors (Lipinski definition) is 0. The Bertz CT molecular complexity index is 1690. The molecule has 0 atom stereocenters. The Morgan fingerprint density at radius 3 is 1.93 bits per heavy atom. The SMILES string of the molecule is Cc1ccc(-c2ccc3nc(C(F)(F)Oc4cc(F)c(-c5ccc(OC(F)(F)F)c(F)c5)c(F)c4)sc3c2)cc1. The van der Waals surface area contributed by atoms with Gasteiger partial charge in [-0.3, -0.25) is 0 Å². The van der Waals surface area contributed by atoms with E-state index in [1.54, 1.807) is 18.2 Å². The number of fused-ring (bicyclic) bond motifs is 1. The van der Waals surface area contributed by atoms with Gasteiger partial charge in [0.1, 0.15) is 17.4 Å². The molecule has 0 aliphatic carbocycles. The lowest BCUT2D eigenvalue weighted by atomic mass is 10.0. The lowest BCUT2D eigenvalue weighted by molar-refractivity contribution is -0.275. The summed E-state index contributed by atoms with van der Waals surface area (Å²) in [6.45, 7) is 1.93. The Kier molecular flexibility index (Phi) is 6.90. The fraction of sp³-hybridized carbons (Fsp3) is 0.107. The average Bonchev–Trinajstić information content (AvgIpc) is 3.29. The minimum atomic E-state index is -5.18. The van der Waals surface area contributed by atoms with Gasteiger partial charge in [-0.25, -0.2) is 18.2 Å². The number of aryl methyl sites for hydroxylation is 1. The van der Waals surface area contributed by atoms with Crippen molar-refractivity contribution in [3.8, 4) is 33.8 Å². The first kappa shape index (κ1) is 27.4. The number of benzene rings is 4. The van der Waals surface area contributed by atoms with E-state index in [1.807, 2.05) is 31.2 Å². The second-order valence-electron chi connectivity index (χ2n) is 8.64. The maximum Gasteiger partial charge on any atom is 0.573 e. The molecule has 0 aliphatic heterocycles. The lowest BCUT2D eigenvalue weighted by Crippen LogP contribution is -2.21. The van der Waals surface area contributed by atoms with Crippen molar-refractivity contribution in [2.24, 2.45) is 0 Å². The van der Waals surface area contributed by atoms with Crippen molar-refractivity contribution >= 4 is 21.6 Å². The van der Waals surface area contributed by atoms with E-state index < -0.39 is 57.6 Å². The highest BCUT2D eigenvalue weighted by atomic mass is 32.1. The minimum absolute atomic E-state index is 0.270. The molecule has 0 bridgehead atoms. The largest absolute Gasteiger partial charge is 0.573 e. The predicted octanol–water partition coefficient (Wildman–Crippen LogP) is 9.38. The standard InChI is InChI=1S/C28H15F8NO2S/c1-14-2-4-15(5-3-14)16-6-8-22-24(11-16)40-26(37-22)27(32,33)38-18-12-20(30)25(21(31)13-18)17-7-9-23(19(29)10-17)39-28(34,35)36/h2-13H,1H3. The summed E-state index contributed by atoms with van der Waals surface area (Å²) in [5.74, 6) is -6.47. The average molecular weight is 581 g/mol. The smallest absolute Gasteiger partial charge is 0.427 e. The topological polar surface area (TPSA) is 31.4 Å². The summed E-state index contributed by atoms with van der Waals surface area (Å²) in [5, 5.41) is -0.754. The molecule has 0 saturated heterocycles. The van der Waals surface area contributed by atoms with Gasteiger partial charge < -0.3 is 9.47 Å². The summed E-state index contributed by atoms with van der Waals surface area (Å²) in [7, 11) is 0. The van der Waals surface area contributed by atoms with Gasteiger partial charge in [0, 0.05) is 12.1 Å². The van der Waals surface area contributed by atoms with Crippen LogP contribution in [-0.4, -0.2) is 11.3 Å². The number of nitrogens with zero attached hydrogens (tertiary/aromatic N) is 1. The van der Waals surface area contributed by atoms with Gasteiger partial charge in [-0.2, -0.15) is 8.78 Å². The molecule has 0 N–H and O–H groups in total. The van der Waals surface area contributed by atoms with Crippen LogP contribution in [0, 0.1) is 24.4 Å². The van der Waals surface area contributed by atoms with E-state index in [0.29, 0.717) is 40.3 Å². The molecule has 1 aromatic heterocycles. The van der Waals surface area contributed by atoms with Crippen LogP contribution >= 0.6 is 11.3 Å². The number of thiazole rings is 1. The fourth-order valence-corrected chi connectivity index (χ4v) is 4.83. The fourth-order valence-electron chi connectivity index (χ4n) is 3.91. The molecule has 0 radical (unpaired) electrons. The predicted molar refractivity (Wildman–Crippen MR) is 133 cm³/mol. The molecule has 0 saturated carbocycles. The third-order valence-electron chi connectivity index (χ3n) is 5.73. The Hall–Kier alpha value is -4.19. The quantitative estimate of drug-likeness (QED) is 0.187. The van der Waals surface area contributed by atoms with Crippen LogP contribution in [0.15, 0.2) is 72.8 Å². The molecule has 0 amide bonds. The molecule has 5 aromatic rings. The second-order valence-corrected chi connectivity index (χ2v) is 9.67. The summed E-state index contributed by atoms with van der Waals surface area (Å²) in [5.41, 5.74) is 1.63. The molecule has 3 nitrogen and oxygen atoms in total. The van der Waals surface area contributed by atoms with Gasteiger partial charge >= 0.3 is 12.5 Å². The van der Waals surface area contributed by atoms with E-state index in [4.69, 9.17) is 0 Å².